The molecule has 258 valence electrons. The van der Waals surface area contributed by atoms with Crippen molar-refractivity contribution in [3.63, 3.8) is 0 Å². The molecule has 3 fully saturated rings. The van der Waals surface area contributed by atoms with Gasteiger partial charge in [0.1, 0.15) is 48.8 Å². The van der Waals surface area contributed by atoms with Gasteiger partial charge in [0.15, 0.2) is 12.6 Å². The van der Waals surface area contributed by atoms with Gasteiger partial charge >= 0.3 is 0 Å². The first-order valence-electron chi connectivity index (χ1n) is 14.9. The van der Waals surface area contributed by atoms with Crippen LogP contribution in [0.3, 0.4) is 0 Å². The maximum absolute atomic E-state index is 12.7. The van der Waals surface area contributed by atoms with Gasteiger partial charge in [-0.2, -0.15) is 0 Å². The predicted octanol–water partition coefficient (Wildman–Crippen LogP) is -7.49. The van der Waals surface area contributed by atoms with Crippen LogP contribution in [-0.4, -0.2) is 172 Å². The molecule has 0 spiro atoms. The van der Waals surface area contributed by atoms with Gasteiger partial charge in [-0.15, -0.1) is 0 Å². The Morgan fingerprint density at radius 3 is 2.14 bits per heavy atom. The highest BCUT2D eigenvalue weighted by Crippen LogP contribution is 2.36. The average molecular weight is 642 g/mol. The summed E-state index contributed by atoms with van der Waals surface area (Å²) < 4.78 is 23.4. The van der Waals surface area contributed by atoms with Gasteiger partial charge in [0.05, 0.1) is 31.3 Å². The van der Waals surface area contributed by atoms with E-state index in [1.807, 2.05) is 0 Å². The Morgan fingerprint density at radius 2 is 1.50 bits per heavy atom. The molecule has 0 bridgehead atoms. The lowest BCUT2D eigenvalue weighted by Gasteiger charge is -2.49. The van der Waals surface area contributed by atoms with E-state index in [0.717, 1.165) is 0 Å². The number of nitrogens with one attached hydrogen (secondary N) is 1. The van der Waals surface area contributed by atoms with Crippen molar-refractivity contribution in [2.75, 3.05) is 39.3 Å². The smallest absolute Gasteiger partial charge is 0.246 e. The fourth-order valence-corrected chi connectivity index (χ4v) is 5.74. The molecule has 44 heavy (non-hydrogen) atoms. The number of hydrogen-bond acceptors (Lipinski definition) is 18. The van der Waals surface area contributed by atoms with Crippen molar-refractivity contribution in [1.29, 1.82) is 0 Å². The maximum atomic E-state index is 12.7. The molecule has 1 amide bonds. The minimum Gasteiger partial charge on any atom is -0.394 e. The van der Waals surface area contributed by atoms with Crippen LogP contribution in [-0.2, 0) is 23.7 Å². The molecule has 2 heterocycles. The molecule has 19 heteroatoms. The molecule has 0 aromatic rings. The Morgan fingerprint density at radius 1 is 0.841 bits per heavy atom. The van der Waals surface area contributed by atoms with Crippen molar-refractivity contribution in [3.8, 4) is 0 Å². The number of hydrogen-bond donors (Lipinski definition) is 13. The van der Waals surface area contributed by atoms with Crippen LogP contribution in [0.5, 0.6) is 0 Å². The van der Waals surface area contributed by atoms with Gasteiger partial charge in [-0.1, -0.05) is 0 Å². The Bertz CT molecular complexity index is 883. The summed E-state index contributed by atoms with van der Waals surface area (Å²) in [5.74, 6) is -1.60. The minimum atomic E-state index is -1.62. The first-order chi connectivity index (χ1) is 20.9. The van der Waals surface area contributed by atoms with Crippen LogP contribution in [0.25, 0.3) is 0 Å². The van der Waals surface area contributed by atoms with Crippen molar-refractivity contribution in [3.05, 3.63) is 0 Å². The van der Waals surface area contributed by atoms with Crippen LogP contribution in [0.1, 0.15) is 19.3 Å². The van der Waals surface area contributed by atoms with Gasteiger partial charge in [0.2, 0.25) is 5.91 Å². The van der Waals surface area contributed by atoms with E-state index in [0.29, 0.717) is 24.6 Å². The predicted molar refractivity (Wildman–Crippen MR) is 150 cm³/mol. The summed E-state index contributed by atoms with van der Waals surface area (Å²) in [5, 5.41) is 76.7. The summed E-state index contributed by atoms with van der Waals surface area (Å²) in [4.78, 5) is 12.7. The highest BCUT2D eigenvalue weighted by atomic mass is 16.7. The first kappa shape index (κ1) is 37.2. The third kappa shape index (κ3) is 8.77. The van der Waals surface area contributed by atoms with Crippen LogP contribution in [0.2, 0.25) is 0 Å². The van der Waals surface area contributed by atoms with Gasteiger partial charge in [-0.25, -0.2) is 5.06 Å². The van der Waals surface area contributed by atoms with Crippen LogP contribution < -0.4 is 34.0 Å². The average Bonchev–Trinajstić information content (AvgIpc) is 2.99. The molecule has 0 radical (unpaired) electrons. The van der Waals surface area contributed by atoms with Crippen LogP contribution in [0, 0.1) is 5.92 Å². The lowest BCUT2D eigenvalue weighted by Crippen LogP contribution is -2.68. The van der Waals surface area contributed by atoms with E-state index in [4.69, 9.17) is 47.6 Å². The molecule has 15 atom stereocenters. The summed E-state index contributed by atoms with van der Waals surface area (Å²) in [5.41, 5.74) is 29.4. The molecule has 1 aliphatic carbocycles. The van der Waals surface area contributed by atoms with E-state index in [-0.39, 0.29) is 32.5 Å². The Labute approximate surface area is 255 Å². The fraction of sp³-hybridized carbons (Fsp3) is 0.960. The van der Waals surface area contributed by atoms with E-state index in [1.54, 1.807) is 0 Å². The topological polar surface area (TPSA) is 341 Å². The number of ether oxygens (including phenoxy) is 4. The summed E-state index contributed by atoms with van der Waals surface area (Å²) in [6, 6.07) is -3.47. The maximum Gasteiger partial charge on any atom is 0.246 e. The van der Waals surface area contributed by atoms with E-state index in [2.05, 4.69) is 5.32 Å². The molecule has 0 aromatic carbocycles. The van der Waals surface area contributed by atoms with E-state index in [1.165, 1.54) is 0 Å². The number of aliphatic hydroxyl groups is 6. The lowest BCUT2D eigenvalue weighted by atomic mass is 9.77. The third-order valence-electron chi connectivity index (χ3n) is 8.37. The normalized spacial score (nSPS) is 43.1. The molecule has 3 aliphatic rings. The quantitative estimate of drug-likeness (QED) is 0.0475. The van der Waals surface area contributed by atoms with Gasteiger partial charge in [0.25, 0.3) is 0 Å². The van der Waals surface area contributed by atoms with Crippen LogP contribution in [0.4, 0.5) is 0 Å². The van der Waals surface area contributed by atoms with E-state index in [9.17, 15) is 40.6 Å². The number of amides is 1. The molecular formula is C25H51N7O12. The standard InChI is InChI=1S/C25H51N7O12/c26-2-1-4-31-8-12-18(36)19(37)16(30)24(41-12)44-23-11(28)6-10(7-14(34)32(40)5-3-27)22(21(23)39)43-25-20(38)15(29)17(35)13(9-33)42-25/h10-13,15-25,31,33,35-40H,1-9,26-30H2/t10-,11-,12+,13+,15-,16+,17+,18+,19+,20+,21+,22-,23?,24+,25+/m0/s1. The Balaban J connectivity index is 1.82. The minimum absolute atomic E-state index is 0.00721. The number of rotatable bonds is 14. The molecule has 3 rings (SSSR count). The van der Waals surface area contributed by atoms with Crippen molar-refractivity contribution in [2.45, 2.75) is 105 Å². The second-order valence-corrected chi connectivity index (χ2v) is 11.6. The fourth-order valence-electron chi connectivity index (χ4n) is 5.74. The SMILES string of the molecule is NCCCNC[C@H]1O[C@H](OC2[C@@H](N)C[C@@H](CC(=O)N(O)CCN)[C@H](O[C@H]3O[C@H](CO)[C@@H](O)[C@H](N)[C@H]3O)[C@H]2O)[C@H](N)[C@@H](O)[C@@H]1O. The molecule has 2 aliphatic heterocycles. The van der Waals surface area contributed by atoms with Gasteiger partial charge in [-0.3, -0.25) is 10.0 Å². The third-order valence-corrected chi connectivity index (χ3v) is 8.37. The van der Waals surface area contributed by atoms with Crippen molar-refractivity contribution in [1.82, 2.24) is 10.4 Å². The monoisotopic (exact) mass is 641 g/mol. The lowest BCUT2D eigenvalue weighted by molar-refractivity contribution is -0.323. The number of nitrogens with two attached hydrogens (primary N) is 5. The largest absolute Gasteiger partial charge is 0.394 e. The molecule has 2 saturated heterocycles. The van der Waals surface area contributed by atoms with Gasteiger partial charge < -0.3 is 83.6 Å². The molecule has 1 saturated carbocycles. The Hall–Kier alpha value is -1.21. The highest BCUT2D eigenvalue weighted by molar-refractivity contribution is 5.75. The second kappa shape index (κ2) is 17.1. The van der Waals surface area contributed by atoms with E-state index >= 15 is 0 Å². The number of carbonyl (C=O) groups excluding carboxylic acids is 1. The van der Waals surface area contributed by atoms with Crippen LogP contribution >= 0.6 is 0 Å². The van der Waals surface area contributed by atoms with Crippen molar-refractivity contribution in [2.24, 2.45) is 34.6 Å². The van der Waals surface area contributed by atoms with E-state index < -0.39 is 104 Å². The molecule has 19 nitrogen and oxygen atoms in total. The first-order valence-corrected chi connectivity index (χ1v) is 14.9. The Kier molecular flexibility index (Phi) is 14.5. The number of carbonyl (C=O) groups is 1. The summed E-state index contributed by atoms with van der Waals surface area (Å²) >= 11 is 0. The van der Waals surface area contributed by atoms with Crippen LogP contribution in [0.15, 0.2) is 0 Å². The molecule has 0 aromatic heterocycles. The second-order valence-electron chi connectivity index (χ2n) is 11.6. The van der Waals surface area contributed by atoms with Crippen molar-refractivity contribution < 1.29 is 59.6 Å². The molecule has 18 N–H and O–H groups in total. The molecular weight excluding hydrogens is 590 g/mol. The van der Waals surface area contributed by atoms with Gasteiger partial charge in [-0.05, 0) is 31.8 Å². The molecule has 1 unspecified atom stereocenters. The zero-order chi connectivity index (χ0) is 32.7. The summed E-state index contributed by atoms with van der Waals surface area (Å²) in [7, 11) is 0. The highest BCUT2D eigenvalue weighted by Gasteiger charge is 2.52. The summed E-state index contributed by atoms with van der Waals surface area (Å²) in [6.07, 6.45) is -14.8. The zero-order valence-corrected chi connectivity index (χ0v) is 24.5. The zero-order valence-electron chi connectivity index (χ0n) is 24.5. The number of nitrogens with zero attached hydrogens (tertiary/aromatic N) is 1. The van der Waals surface area contributed by atoms with Gasteiger partial charge in [0, 0.05) is 25.6 Å². The number of aliphatic hydroxyl groups excluding tert-OH is 6. The van der Waals surface area contributed by atoms with Crippen molar-refractivity contribution >= 4 is 5.91 Å². The number of hydroxylamine groups is 2. The summed E-state index contributed by atoms with van der Waals surface area (Å²) in [6.45, 7) is 0.300.